The average molecular weight is 277 g/mol. The number of nitrogens with one attached hydrogen (secondary N) is 1. The first-order chi connectivity index (χ1) is 9.33. The zero-order valence-corrected chi connectivity index (χ0v) is 12.9. The van der Waals surface area contributed by atoms with Crippen LogP contribution in [0.2, 0.25) is 0 Å². The maximum Gasteiger partial charge on any atom is 0.157 e. The zero-order valence-electron chi connectivity index (χ0n) is 12.9. The van der Waals surface area contributed by atoms with Crippen LogP contribution >= 0.6 is 0 Å². The minimum Gasteiger partial charge on any atom is -0.485 e. The van der Waals surface area contributed by atoms with Gasteiger partial charge in [-0.1, -0.05) is 0 Å². The Hall–Kier alpha value is -1.75. The van der Waals surface area contributed by atoms with Crippen molar-refractivity contribution in [3.05, 3.63) is 35.5 Å². The van der Waals surface area contributed by atoms with Gasteiger partial charge in [0.25, 0.3) is 0 Å². The lowest BCUT2D eigenvalue weighted by Crippen LogP contribution is -2.34. The lowest BCUT2D eigenvalue weighted by atomic mass is 10.1. The maximum absolute atomic E-state index is 5.74. The van der Waals surface area contributed by atoms with Crippen LogP contribution in [0.25, 0.3) is 0 Å². The first kappa shape index (κ1) is 14.7. The molecule has 2 rings (SSSR count). The van der Waals surface area contributed by atoms with E-state index in [1.165, 1.54) is 0 Å². The molecule has 0 saturated heterocycles. The molecule has 0 radical (unpaired) electrons. The van der Waals surface area contributed by atoms with Crippen LogP contribution in [0.4, 0.5) is 0 Å². The van der Waals surface area contributed by atoms with E-state index in [4.69, 9.17) is 9.15 Å². The summed E-state index contributed by atoms with van der Waals surface area (Å²) < 4.78 is 13.1. The second kappa shape index (κ2) is 5.71. The summed E-state index contributed by atoms with van der Waals surface area (Å²) in [4.78, 5) is 0. The Bertz CT molecular complexity index is 564. The predicted molar refractivity (Wildman–Crippen MR) is 77.6 cm³/mol. The largest absolute Gasteiger partial charge is 0.485 e. The Balaban J connectivity index is 1.93. The quantitative estimate of drug-likeness (QED) is 0.913. The molecule has 20 heavy (non-hydrogen) atoms. The van der Waals surface area contributed by atoms with Crippen LogP contribution in [0, 0.1) is 6.92 Å². The predicted octanol–water partition coefficient (Wildman–Crippen LogP) is 2.79. The monoisotopic (exact) mass is 277 g/mol. The van der Waals surface area contributed by atoms with Gasteiger partial charge >= 0.3 is 0 Å². The van der Waals surface area contributed by atoms with Crippen molar-refractivity contribution in [2.45, 2.75) is 46.4 Å². The first-order valence-electron chi connectivity index (χ1n) is 6.78. The molecule has 5 nitrogen and oxygen atoms in total. The minimum atomic E-state index is 0.0765. The molecule has 110 valence electrons. The van der Waals surface area contributed by atoms with Gasteiger partial charge in [-0.3, -0.25) is 4.68 Å². The average Bonchev–Trinajstić information content (AvgIpc) is 2.90. The van der Waals surface area contributed by atoms with Crippen molar-refractivity contribution in [2.24, 2.45) is 7.05 Å². The van der Waals surface area contributed by atoms with Gasteiger partial charge in [0.2, 0.25) is 0 Å². The molecule has 0 bridgehead atoms. The summed E-state index contributed by atoms with van der Waals surface area (Å²) in [5.41, 5.74) is 1.15. The molecule has 0 spiro atoms. The van der Waals surface area contributed by atoms with E-state index in [9.17, 15) is 0 Å². The fourth-order valence-corrected chi connectivity index (χ4v) is 1.80. The highest BCUT2D eigenvalue weighted by Crippen LogP contribution is 2.18. The van der Waals surface area contributed by atoms with Crippen LogP contribution in [0.3, 0.4) is 0 Å². The van der Waals surface area contributed by atoms with Crippen LogP contribution in [-0.2, 0) is 20.2 Å². The molecule has 0 fully saturated rings. The fourth-order valence-electron chi connectivity index (χ4n) is 1.80. The highest BCUT2D eigenvalue weighted by atomic mass is 16.5. The van der Waals surface area contributed by atoms with Gasteiger partial charge in [-0.25, -0.2) is 0 Å². The number of ether oxygens (including phenoxy) is 1. The van der Waals surface area contributed by atoms with Crippen molar-refractivity contribution in [3.63, 3.8) is 0 Å². The van der Waals surface area contributed by atoms with Crippen molar-refractivity contribution in [3.8, 4) is 5.75 Å². The SMILES string of the molecule is Cc1oc(CNC(C)(C)C)cc1COc1cnn(C)c1. The summed E-state index contributed by atoms with van der Waals surface area (Å²) in [6, 6.07) is 2.05. The molecule has 2 aromatic rings. The summed E-state index contributed by atoms with van der Waals surface area (Å²) >= 11 is 0. The molecular formula is C15H23N3O2. The van der Waals surface area contributed by atoms with E-state index in [2.05, 4.69) is 31.2 Å². The normalized spacial score (nSPS) is 11.8. The third-order valence-electron chi connectivity index (χ3n) is 2.94. The van der Waals surface area contributed by atoms with Crippen molar-refractivity contribution < 1.29 is 9.15 Å². The number of hydrogen-bond donors (Lipinski definition) is 1. The summed E-state index contributed by atoms with van der Waals surface area (Å²) in [6.07, 6.45) is 3.55. The Morgan fingerprint density at radius 2 is 2.15 bits per heavy atom. The van der Waals surface area contributed by atoms with Crippen LogP contribution in [0.1, 0.15) is 37.9 Å². The van der Waals surface area contributed by atoms with Gasteiger partial charge in [0.15, 0.2) is 5.75 Å². The molecule has 0 aromatic carbocycles. The van der Waals surface area contributed by atoms with Gasteiger partial charge in [0, 0.05) is 18.2 Å². The molecule has 0 atom stereocenters. The van der Waals surface area contributed by atoms with Gasteiger partial charge < -0.3 is 14.5 Å². The van der Waals surface area contributed by atoms with E-state index < -0.39 is 0 Å². The second-order valence-electron chi connectivity index (χ2n) is 6.04. The second-order valence-corrected chi connectivity index (χ2v) is 6.04. The molecule has 0 aliphatic rings. The van der Waals surface area contributed by atoms with Crippen molar-refractivity contribution >= 4 is 0 Å². The van der Waals surface area contributed by atoms with E-state index in [0.29, 0.717) is 6.61 Å². The number of furan rings is 1. The van der Waals surface area contributed by atoms with Crippen LogP contribution in [0.5, 0.6) is 5.75 Å². The Kier molecular flexibility index (Phi) is 4.18. The highest BCUT2D eigenvalue weighted by Gasteiger charge is 2.12. The Labute approximate surface area is 119 Å². The molecule has 0 unspecified atom stereocenters. The topological polar surface area (TPSA) is 52.2 Å². The van der Waals surface area contributed by atoms with Gasteiger partial charge in [-0.2, -0.15) is 5.10 Å². The molecule has 0 aliphatic heterocycles. The van der Waals surface area contributed by atoms with Gasteiger partial charge in [0.05, 0.1) is 18.9 Å². The van der Waals surface area contributed by atoms with Crippen molar-refractivity contribution in [1.29, 1.82) is 0 Å². The van der Waals surface area contributed by atoms with E-state index in [1.54, 1.807) is 10.9 Å². The molecule has 2 heterocycles. The molecule has 2 aromatic heterocycles. The van der Waals surface area contributed by atoms with E-state index >= 15 is 0 Å². The molecule has 0 saturated carbocycles. The first-order valence-corrected chi connectivity index (χ1v) is 6.78. The zero-order chi connectivity index (χ0) is 14.8. The van der Waals surface area contributed by atoms with Crippen LogP contribution < -0.4 is 10.1 Å². The van der Waals surface area contributed by atoms with E-state index in [1.807, 2.05) is 26.2 Å². The smallest absolute Gasteiger partial charge is 0.157 e. The molecule has 5 heteroatoms. The number of nitrogens with zero attached hydrogens (tertiary/aromatic N) is 2. The number of aryl methyl sites for hydroxylation is 2. The lowest BCUT2D eigenvalue weighted by molar-refractivity contribution is 0.302. The van der Waals surface area contributed by atoms with E-state index in [0.717, 1.165) is 29.4 Å². The van der Waals surface area contributed by atoms with Gasteiger partial charge in [0.1, 0.15) is 18.1 Å². The molecular weight excluding hydrogens is 254 g/mol. The highest BCUT2D eigenvalue weighted by molar-refractivity contribution is 5.21. The summed E-state index contributed by atoms with van der Waals surface area (Å²) in [7, 11) is 1.87. The fraction of sp³-hybridized carbons (Fsp3) is 0.533. The van der Waals surface area contributed by atoms with Gasteiger partial charge in [-0.05, 0) is 33.8 Å². The number of hydrogen-bond acceptors (Lipinski definition) is 4. The van der Waals surface area contributed by atoms with E-state index in [-0.39, 0.29) is 5.54 Å². The summed E-state index contributed by atoms with van der Waals surface area (Å²) in [6.45, 7) is 9.58. The Morgan fingerprint density at radius 3 is 2.75 bits per heavy atom. The van der Waals surface area contributed by atoms with Gasteiger partial charge in [-0.15, -0.1) is 0 Å². The summed E-state index contributed by atoms with van der Waals surface area (Å²) in [5.74, 6) is 2.60. The molecule has 0 aliphatic carbocycles. The third kappa shape index (κ3) is 4.13. The molecule has 1 N–H and O–H groups in total. The van der Waals surface area contributed by atoms with Crippen LogP contribution in [-0.4, -0.2) is 15.3 Å². The summed E-state index contributed by atoms with van der Waals surface area (Å²) in [5, 5.41) is 7.48. The number of aromatic nitrogens is 2. The Morgan fingerprint density at radius 1 is 1.40 bits per heavy atom. The van der Waals surface area contributed by atoms with Crippen molar-refractivity contribution in [2.75, 3.05) is 0 Å². The third-order valence-corrected chi connectivity index (χ3v) is 2.94. The maximum atomic E-state index is 5.74. The minimum absolute atomic E-state index is 0.0765. The lowest BCUT2D eigenvalue weighted by Gasteiger charge is -2.19. The van der Waals surface area contributed by atoms with Crippen LogP contribution in [0.15, 0.2) is 22.9 Å². The molecule has 0 amide bonds. The number of rotatable bonds is 5. The standard InChI is InChI=1S/C15H23N3O2/c1-11-12(10-19-14-8-17-18(5)9-14)6-13(20-11)7-16-15(2,3)4/h6,8-9,16H,7,10H2,1-5H3. The van der Waals surface area contributed by atoms with Crippen molar-refractivity contribution in [1.82, 2.24) is 15.1 Å².